The largest absolute Gasteiger partial charge is 0.179 e. The summed E-state index contributed by atoms with van der Waals surface area (Å²) in [6, 6.07) is 18.5. The van der Waals surface area contributed by atoms with Crippen LogP contribution in [0.5, 0.6) is 0 Å². The van der Waals surface area contributed by atoms with E-state index in [4.69, 9.17) is 0 Å². The van der Waals surface area contributed by atoms with Crippen LogP contribution in [0.3, 0.4) is 0 Å². The molecule has 0 spiro atoms. The number of hydrogen-bond donors (Lipinski definition) is 0. The predicted octanol–water partition coefficient (Wildman–Crippen LogP) is 0.163. The first-order chi connectivity index (χ1) is 12.3. The Labute approximate surface area is 190 Å². The van der Waals surface area contributed by atoms with Crippen molar-refractivity contribution in [1.82, 2.24) is 0 Å². The quantitative estimate of drug-likeness (QED) is 0.518. The smallest absolute Gasteiger partial charge is 0.00806 e. The fourth-order valence-corrected chi connectivity index (χ4v) is 4.98. The second kappa shape index (κ2) is 10.7. The average molecular weight is 474 g/mol. The van der Waals surface area contributed by atoms with Gasteiger partial charge in [0.05, 0.1) is 0 Å². The molecular formula is C24H23Cl2Zr-. The summed E-state index contributed by atoms with van der Waals surface area (Å²) in [7, 11) is 0. The molecule has 2 aromatic rings. The van der Waals surface area contributed by atoms with Gasteiger partial charge in [-0.2, -0.15) is 24.3 Å². The van der Waals surface area contributed by atoms with E-state index < -0.39 is 0 Å². The normalized spacial score (nSPS) is 19.0. The van der Waals surface area contributed by atoms with Gasteiger partial charge in [-0.05, 0) is 12.0 Å². The van der Waals surface area contributed by atoms with Crippen LogP contribution in [-0.2, 0) is 24.2 Å². The Morgan fingerprint density at radius 1 is 0.889 bits per heavy atom. The van der Waals surface area contributed by atoms with Gasteiger partial charge in [-0.1, -0.05) is 53.6 Å². The summed E-state index contributed by atoms with van der Waals surface area (Å²) in [5, 5.41) is 0. The Morgan fingerprint density at radius 2 is 1.63 bits per heavy atom. The molecule has 0 bridgehead atoms. The first-order valence-corrected chi connectivity index (χ1v) is 10.6. The van der Waals surface area contributed by atoms with E-state index in [2.05, 4.69) is 60.7 Å². The Bertz CT molecular complexity index is 797. The molecule has 5 rings (SSSR count). The van der Waals surface area contributed by atoms with Crippen molar-refractivity contribution in [2.24, 2.45) is 0 Å². The van der Waals surface area contributed by atoms with Crippen LogP contribution in [0.25, 0.3) is 11.1 Å². The third kappa shape index (κ3) is 5.00. The zero-order valence-corrected chi connectivity index (χ0v) is 19.3. The molecule has 0 N–H and O–H groups in total. The molecule has 0 saturated heterocycles. The predicted molar refractivity (Wildman–Crippen MR) is 102 cm³/mol. The molecule has 1 saturated carbocycles. The van der Waals surface area contributed by atoms with E-state index in [1.165, 1.54) is 59.9 Å². The van der Waals surface area contributed by atoms with Crippen molar-refractivity contribution in [2.75, 3.05) is 0 Å². The Hall–Kier alpha value is -0.747. The second-order valence-corrected chi connectivity index (χ2v) is 8.79. The Kier molecular flexibility index (Phi) is 8.94. The van der Waals surface area contributed by atoms with Crippen LogP contribution >= 0.6 is 0 Å². The van der Waals surface area contributed by atoms with Crippen molar-refractivity contribution in [1.29, 1.82) is 0 Å². The first-order valence-electron chi connectivity index (χ1n) is 9.36. The summed E-state index contributed by atoms with van der Waals surface area (Å²) < 4.78 is 1.80. The number of fused-ring (bicyclic) bond motifs is 3. The van der Waals surface area contributed by atoms with E-state index in [1.54, 1.807) is 27.4 Å². The summed E-state index contributed by atoms with van der Waals surface area (Å²) in [5.74, 6) is 0.410. The van der Waals surface area contributed by atoms with Crippen molar-refractivity contribution in [2.45, 2.75) is 44.4 Å². The summed E-state index contributed by atoms with van der Waals surface area (Å²) in [4.78, 5) is 0. The zero-order chi connectivity index (χ0) is 17.1. The summed E-state index contributed by atoms with van der Waals surface area (Å²) in [5.41, 5.74) is 7.00. The fraction of sp³-hybridized carbons (Fsp3) is 0.292. The van der Waals surface area contributed by atoms with E-state index in [-0.39, 0.29) is 24.8 Å². The molecule has 2 aromatic carbocycles. The van der Waals surface area contributed by atoms with Gasteiger partial charge in [0.2, 0.25) is 0 Å². The molecule has 0 heterocycles. The number of benzene rings is 2. The van der Waals surface area contributed by atoms with Gasteiger partial charge in [0, 0.05) is 5.92 Å². The van der Waals surface area contributed by atoms with Gasteiger partial charge < -0.3 is 24.8 Å². The molecule has 0 aromatic heterocycles. The minimum atomic E-state index is 0. The Morgan fingerprint density at radius 3 is 2.30 bits per heavy atom. The van der Waals surface area contributed by atoms with Crippen LogP contribution in [0, 0.1) is 6.07 Å². The summed E-state index contributed by atoms with van der Waals surface area (Å²) in [6.07, 6.45) is 15.0. The van der Waals surface area contributed by atoms with Crippen molar-refractivity contribution >= 4 is 3.21 Å². The van der Waals surface area contributed by atoms with Gasteiger partial charge in [-0.3, -0.25) is 0 Å². The number of halogens is 2. The van der Waals surface area contributed by atoms with Gasteiger partial charge >= 0.3 is 59.5 Å². The van der Waals surface area contributed by atoms with Crippen molar-refractivity contribution < 1.29 is 49.0 Å². The molecule has 1 unspecified atom stereocenters. The number of allylic oxidation sites excluding steroid dienone is 4. The molecule has 0 aliphatic heterocycles. The third-order valence-electron chi connectivity index (χ3n) is 5.37. The van der Waals surface area contributed by atoms with Crippen molar-refractivity contribution in [3.05, 3.63) is 83.5 Å². The molecule has 27 heavy (non-hydrogen) atoms. The third-order valence-corrected chi connectivity index (χ3v) is 6.60. The van der Waals surface area contributed by atoms with Crippen molar-refractivity contribution in [3.63, 3.8) is 0 Å². The van der Waals surface area contributed by atoms with Gasteiger partial charge in [0.25, 0.3) is 0 Å². The van der Waals surface area contributed by atoms with Crippen LogP contribution in [0.2, 0.25) is 0 Å². The van der Waals surface area contributed by atoms with E-state index in [0.29, 0.717) is 5.92 Å². The maximum Gasteiger partial charge on any atom is 0.00806 e. The van der Waals surface area contributed by atoms with Crippen LogP contribution < -0.4 is 24.8 Å². The molecule has 0 nitrogen and oxygen atoms in total. The van der Waals surface area contributed by atoms with E-state index >= 15 is 0 Å². The molecule has 1 fully saturated rings. The van der Waals surface area contributed by atoms with E-state index in [0.717, 1.165) is 6.42 Å². The standard InChI is InChI=1S/C18H13.C6H10.2ClH.Zr/c1-2-8-13(7-1)18-16-11-5-3-9-14(16)15-10-4-6-12-17(15)18;1-2-4-6-5-3-1;;;/h1-7,9-11,18H,8H2;1-5H2;2*1H;/q-1;;;;+2/p-2. The molecule has 3 aliphatic carbocycles. The van der Waals surface area contributed by atoms with Gasteiger partial charge in [-0.25, -0.2) is 0 Å². The van der Waals surface area contributed by atoms with Gasteiger partial charge in [0.1, 0.15) is 0 Å². The van der Waals surface area contributed by atoms with Gasteiger partial charge in [-0.15, -0.1) is 11.1 Å². The maximum absolute atomic E-state index is 3.45. The average Bonchev–Trinajstić information content (AvgIpc) is 3.28. The molecule has 3 aliphatic rings. The monoisotopic (exact) mass is 471 g/mol. The summed E-state index contributed by atoms with van der Waals surface area (Å²) >= 11 is 1.69. The maximum atomic E-state index is 3.45. The number of rotatable bonds is 1. The Balaban J connectivity index is 0.000000250. The molecule has 0 radical (unpaired) electrons. The van der Waals surface area contributed by atoms with Crippen LogP contribution in [-0.4, -0.2) is 3.21 Å². The molecule has 3 heteroatoms. The molecule has 138 valence electrons. The fourth-order valence-electron chi connectivity index (χ4n) is 4.11. The van der Waals surface area contributed by atoms with E-state index in [9.17, 15) is 0 Å². The summed E-state index contributed by atoms with van der Waals surface area (Å²) in [6.45, 7) is 0. The molecular weight excluding hydrogens is 450 g/mol. The van der Waals surface area contributed by atoms with Crippen molar-refractivity contribution in [3.8, 4) is 11.1 Å². The first kappa shape index (κ1) is 22.5. The van der Waals surface area contributed by atoms with Crippen LogP contribution in [0.4, 0.5) is 0 Å². The van der Waals surface area contributed by atoms with Crippen LogP contribution in [0.15, 0.2) is 66.3 Å². The zero-order valence-electron chi connectivity index (χ0n) is 15.3. The minimum absolute atomic E-state index is 0. The molecule has 0 amide bonds. The topological polar surface area (TPSA) is 0 Å². The molecule has 1 atom stereocenters. The van der Waals surface area contributed by atoms with Crippen LogP contribution in [0.1, 0.15) is 55.6 Å². The number of hydrogen-bond acceptors (Lipinski definition) is 0. The van der Waals surface area contributed by atoms with E-state index in [1.807, 2.05) is 6.07 Å². The minimum Gasteiger partial charge on any atom is -0.179 e. The SMILES string of the molecule is [Cl-].[Cl-].[Zr+2]=[C]1CCCCC1.[c-]1cccc2c1C(C1=CC=CC1)c1ccccc1-2. The second-order valence-electron chi connectivity index (χ2n) is 7.06. The van der Waals surface area contributed by atoms with Gasteiger partial charge in [0.15, 0.2) is 0 Å².